The molecule has 0 saturated heterocycles. The van der Waals surface area contributed by atoms with Crippen LogP contribution in [0.4, 0.5) is 11.4 Å². The molecule has 1 N–H and O–H groups in total. The van der Waals surface area contributed by atoms with Gasteiger partial charge in [-0.1, -0.05) is 30.3 Å². The smallest absolute Gasteiger partial charge is 0.338 e. The highest BCUT2D eigenvalue weighted by atomic mass is 16.5. The van der Waals surface area contributed by atoms with Crippen LogP contribution in [0.25, 0.3) is 0 Å². The molecule has 0 radical (unpaired) electrons. The zero-order valence-corrected chi connectivity index (χ0v) is 16.9. The van der Waals surface area contributed by atoms with Crippen molar-refractivity contribution in [3.8, 4) is 0 Å². The molecule has 5 nitrogen and oxygen atoms in total. The maximum Gasteiger partial charge on any atom is 0.338 e. The number of carbonyl (C=O) groups is 2. The summed E-state index contributed by atoms with van der Waals surface area (Å²) in [5, 5.41) is 2.86. The van der Waals surface area contributed by atoms with E-state index in [0.717, 1.165) is 19.5 Å². The van der Waals surface area contributed by atoms with Gasteiger partial charge in [-0.3, -0.25) is 4.79 Å². The molecule has 1 aliphatic rings. The minimum absolute atomic E-state index is 0.183. The standard InChI is InChI=1S/C25H24N2O3/c1-2-30-25(29)21-11-13-22(14-12-21)26-24(28)20-9-7-18(8-10-20)17-27-16-15-19-5-3-4-6-23(19)27/h3-14H,2,15-17H2,1H3,(H,26,28). The number of esters is 1. The second kappa shape index (κ2) is 8.82. The van der Waals surface area contributed by atoms with Crippen LogP contribution in [0, 0.1) is 0 Å². The molecule has 3 aromatic rings. The van der Waals surface area contributed by atoms with Gasteiger partial charge in [0.15, 0.2) is 0 Å². The number of benzene rings is 3. The lowest BCUT2D eigenvalue weighted by Gasteiger charge is -2.19. The van der Waals surface area contributed by atoms with Gasteiger partial charge in [-0.25, -0.2) is 4.79 Å². The highest BCUT2D eigenvalue weighted by Crippen LogP contribution is 2.28. The molecule has 0 bridgehead atoms. The summed E-state index contributed by atoms with van der Waals surface area (Å²) in [7, 11) is 0. The Morgan fingerprint density at radius 1 is 0.933 bits per heavy atom. The average molecular weight is 400 g/mol. The minimum Gasteiger partial charge on any atom is -0.462 e. The molecule has 1 aliphatic heterocycles. The predicted octanol–water partition coefficient (Wildman–Crippen LogP) is 4.68. The Balaban J connectivity index is 1.37. The van der Waals surface area contributed by atoms with Crippen LogP contribution in [0.2, 0.25) is 0 Å². The van der Waals surface area contributed by atoms with Crippen LogP contribution in [0.1, 0.15) is 38.8 Å². The molecule has 0 aliphatic carbocycles. The Bertz CT molecular complexity index is 1040. The monoisotopic (exact) mass is 400 g/mol. The van der Waals surface area contributed by atoms with Crippen molar-refractivity contribution in [2.24, 2.45) is 0 Å². The first kappa shape index (κ1) is 19.7. The van der Waals surface area contributed by atoms with Gasteiger partial charge in [0.25, 0.3) is 5.91 Å². The lowest BCUT2D eigenvalue weighted by molar-refractivity contribution is 0.0526. The first-order valence-electron chi connectivity index (χ1n) is 10.1. The molecule has 0 aromatic heterocycles. The van der Waals surface area contributed by atoms with Crippen LogP contribution in [-0.2, 0) is 17.7 Å². The number of anilines is 2. The third-order valence-corrected chi connectivity index (χ3v) is 5.23. The third-order valence-electron chi connectivity index (χ3n) is 5.23. The summed E-state index contributed by atoms with van der Waals surface area (Å²) in [4.78, 5) is 26.6. The maximum absolute atomic E-state index is 12.5. The first-order chi connectivity index (χ1) is 14.6. The quantitative estimate of drug-likeness (QED) is 0.611. The summed E-state index contributed by atoms with van der Waals surface area (Å²) in [6.45, 7) is 3.94. The lowest BCUT2D eigenvalue weighted by atomic mass is 10.1. The van der Waals surface area contributed by atoms with E-state index < -0.39 is 0 Å². The molecule has 152 valence electrons. The Kier molecular flexibility index (Phi) is 5.80. The van der Waals surface area contributed by atoms with E-state index in [0.29, 0.717) is 23.4 Å². The van der Waals surface area contributed by atoms with Crippen molar-refractivity contribution in [3.05, 3.63) is 95.1 Å². The van der Waals surface area contributed by atoms with Crippen LogP contribution >= 0.6 is 0 Å². The first-order valence-corrected chi connectivity index (χ1v) is 10.1. The molecule has 3 aromatic carbocycles. The van der Waals surface area contributed by atoms with Crippen molar-refractivity contribution >= 4 is 23.3 Å². The maximum atomic E-state index is 12.5. The van der Waals surface area contributed by atoms with Gasteiger partial charge >= 0.3 is 5.97 Å². The molecule has 0 saturated carbocycles. The van der Waals surface area contributed by atoms with E-state index in [1.807, 2.05) is 24.3 Å². The number of carbonyl (C=O) groups excluding carboxylic acids is 2. The second-order valence-corrected chi connectivity index (χ2v) is 7.25. The number of amides is 1. The Labute approximate surface area is 176 Å². The zero-order chi connectivity index (χ0) is 20.9. The fourth-order valence-electron chi connectivity index (χ4n) is 3.66. The number of ether oxygens (including phenoxy) is 1. The van der Waals surface area contributed by atoms with Crippen LogP contribution < -0.4 is 10.2 Å². The Hall–Kier alpha value is -3.60. The number of hydrogen-bond acceptors (Lipinski definition) is 4. The largest absolute Gasteiger partial charge is 0.462 e. The Morgan fingerprint density at radius 3 is 2.37 bits per heavy atom. The van der Waals surface area contributed by atoms with E-state index >= 15 is 0 Å². The minimum atomic E-state index is -0.369. The highest BCUT2D eigenvalue weighted by molar-refractivity contribution is 6.04. The number of rotatable bonds is 6. The fraction of sp³-hybridized carbons (Fsp3) is 0.200. The summed E-state index contributed by atoms with van der Waals surface area (Å²) in [5.41, 5.74) is 5.54. The summed E-state index contributed by atoms with van der Waals surface area (Å²) in [5.74, 6) is -0.552. The van der Waals surface area contributed by atoms with Crippen molar-refractivity contribution in [1.82, 2.24) is 0 Å². The number of hydrogen-bond donors (Lipinski definition) is 1. The molecular weight excluding hydrogens is 376 g/mol. The zero-order valence-electron chi connectivity index (χ0n) is 16.9. The van der Waals surface area contributed by atoms with Gasteiger partial charge in [-0.15, -0.1) is 0 Å². The molecule has 1 amide bonds. The van der Waals surface area contributed by atoms with Gasteiger partial charge in [0.05, 0.1) is 12.2 Å². The summed E-state index contributed by atoms with van der Waals surface area (Å²) < 4.78 is 4.97. The van der Waals surface area contributed by atoms with E-state index in [9.17, 15) is 9.59 Å². The SMILES string of the molecule is CCOC(=O)c1ccc(NC(=O)c2ccc(CN3CCc4ccccc43)cc2)cc1. The van der Waals surface area contributed by atoms with Crippen LogP contribution in [-0.4, -0.2) is 25.0 Å². The molecule has 30 heavy (non-hydrogen) atoms. The number of nitrogens with one attached hydrogen (secondary N) is 1. The van der Waals surface area contributed by atoms with Crippen molar-refractivity contribution in [1.29, 1.82) is 0 Å². The summed E-state index contributed by atoms with van der Waals surface area (Å²) in [6, 6.07) is 22.9. The van der Waals surface area contributed by atoms with Gasteiger partial charge in [0.1, 0.15) is 0 Å². The lowest BCUT2D eigenvalue weighted by Crippen LogP contribution is -2.19. The number of para-hydroxylation sites is 1. The highest BCUT2D eigenvalue weighted by Gasteiger charge is 2.18. The van der Waals surface area contributed by atoms with Crippen LogP contribution in [0.3, 0.4) is 0 Å². The van der Waals surface area contributed by atoms with Gasteiger partial charge in [-0.2, -0.15) is 0 Å². The third kappa shape index (κ3) is 4.35. The molecule has 1 heterocycles. The summed E-state index contributed by atoms with van der Waals surface area (Å²) >= 11 is 0. The predicted molar refractivity (Wildman–Crippen MR) is 118 cm³/mol. The molecule has 5 heteroatoms. The van der Waals surface area contributed by atoms with E-state index in [-0.39, 0.29) is 11.9 Å². The van der Waals surface area contributed by atoms with Gasteiger partial charge in [-0.05, 0) is 66.9 Å². The van der Waals surface area contributed by atoms with E-state index in [1.54, 1.807) is 31.2 Å². The second-order valence-electron chi connectivity index (χ2n) is 7.25. The van der Waals surface area contributed by atoms with Crippen molar-refractivity contribution in [2.45, 2.75) is 19.9 Å². The van der Waals surface area contributed by atoms with E-state index in [2.05, 4.69) is 34.5 Å². The van der Waals surface area contributed by atoms with Crippen molar-refractivity contribution < 1.29 is 14.3 Å². The van der Waals surface area contributed by atoms with E-state index in [1.165, 1.54) is 16.8 Å². The van der Waals surface area contributed by atoms with E-state index in [4.69, 9.17) is 4.74 Å². The molecule has 0 spiro atoms. The Morgan fingerprint density at radius 2 is 1.63 bits per heavy atom. The molecule has 0 unspecified atom stereocenters. The normalized spacial score (nSPS) is 12.4. The fourth-order valence-corrected chi connectivity index (χ4v) is 3.66. The molecule has 4 rings (SSSR count). The van der Waals surface area contributed by atoms with Crippen molar-refractivity contribution in [3.63, 3.8) is 0 Å². The van der Waals surface area contributed by atoms with Crippen LogP contribution in [0.5, 0.6) is 0 Å². The van der Waals surface area contributed by atoms with Gasteiger partial charge in [0, 0.05) is 30.0 Å². The molecule has 0 fully saturated rings. The summed E-state index contributed by atoms with van der Waals surface area (Å²) in [6.07, 6.45) is 1.08. The average Bonchev–Trinajstić information content (AvgIpc) is 3.18. The van der Waals surface area contributed by atoms with Crippen molar-refractivity contribution in [2.75, 3.05) is 23.4 Å². The molecular formula is C25H24N2O3. The molecule has 0 atom stereocenters. The number of fused-ring (bicyclic) bond motifs is 1. The van der Waals surface area contributed by atoms with Crippen LogP contribution in [0.15, 0.2) is 72.8 Å². The topological polar surface area (TPSA) is 58.6 Å². The van der Waals surface area contributed by atoms with Gasteiger partial charge in [0.2, 0.25) is 0 Å². The number of nitrogens with zero attached hydrogens (tertiary/aromatic N) is 1. The van der Waals surface area contributed by atoms with Gasteiger partial charge < -0.3 is 15.0 Å².